The Bertz CT molecular complexity index is 1350. The van der Waals surface area contributed by atoms with E-state index in [2.05, 4.69) is 0 Å². The molecule has 0 spiro atoms. The molecule has 2 aromatic rings. The first-order valence-corrected chi connectivity index (χ1v) is 13.6. The number of fused-ring (bicyclic) bond motifs is 1. The number of hydrogen-bond donors (Lipinski definition) is 9. The Hall–Kier alpha value is -3.29. The maximum atomic E-state index is 13.0. The molecule has 242 valence electrons. The fourth-order valence-corrected chi connectivity index (χ4v) is 5.32. The van der Waals surface area contributed by atoms with Gasteiger partial charge in [0, 0.05) is 12.1 Å². The van der Waals surface area contributed by atoms with Gasteiger partial charge in [0.25, 0.3) is 0 Å². The molecule has 0 aromatic heterocycles. The number of aromatic hydroxyl groups is 2. The summed E-state index contributed by atoms with van der Waals surface area (Å²) in [6, 6.07) is 6.27. The van der Waals surface area contributed by atoms with Crippen molar-refractivity contribution >= 4 is 5.78 Å². The van der Waals surface area contributed by atoms with Gasteiger partial charge < -0.3 is 74.4 Å². The molecule has 5 rings (SSSR count). The van der Waals surface area contributed by atoms with Crippen molar-refractivity contribution in [3.63, 3.8) is 0 Å². The monoisotopic (exact) mass is 626 g/mol. The number of aliphatic hydroxyl groups is 7. The summed E-state index contributed by atoms with van der Waals surface area (Å²) in [5.74, 6) is -2.11. The highest BCUT2D eigenvalue weighted by molar-refractivity contribution is 6.05. The van der Waals surface area contributed by atoms with Crippen molar-refractivity contribution in [1.29, 1.82) is 0 Å². The van der Waals surface area contributed by atoms with Crippen LogP contribution in [0.15, 0.2) is 30.3 Å². The summed E-state index contributed by atoms with van der Waals surface area (Å²) in [6.45, 7) is 0.653. The molecule has 2 aromatic carbocycles. The standard InChI is InChI=1S/C28H34O16/c1-9-18(32)21(35)24(38)27(40-9)44-26-22(36)19(33)16(8-29)43-28(26)41-11-6-13(31)17-15(7-11)42-25(23(37)20(17)34)10-3-4-14(39-2)12(30)5-10/h3-7,9,16,18-19,21-33,35-38H,8H2,1-2H3/t9-,16+,18-,19+,21+,22-,23-,24+,25+,26+,27-,28+/m0/s1. The second-order valence-electron chi connectivity index (χ2n) is 10.7. The summed E-state index contributed by atoms with van der Waals surface area (Å²) in [7, 11) is 1.34. The first kappa shape index (κ1) is 32.1. The van der Waals surface area contributed by atoms with E-state index in [1.807, 2.05) is 0 Å². The second kappa shape index (κ2) is 12.6. The van der Waals surface area contributed by atoms with Gasteiger partial charge >= 0.3 is 0 Å². The number of carbonyl (C=O) groups excluding carboxylic acids is 1. The van der Waals surface area contributed by atoms with E-state index in [0.717, 1.165) is 6.07 Å². The maximum absolute atomic E-state index is 13.0. The third-order valence-corrected chi connectivity index (χ3v) is 7.82. The van der Waals surface area contributed by atoms with Gasteiger partial charge in [-0.3, -0.25) is 4.79 Å². The smallest absolute Gasteiger partial charge is 0.229 e. The Morgan fingerprint density at radius 2 is 1.57 bits per heavy atom. The Kier molecular flexibility index (Phi) is 9.20. The molecule has 2 fully saturated rings. The van der Waals surface area contributed by atoms with Gasteiger partial charge in [-0.25, -0.2) is 0 Å². The molecule has 12 atom stereocenters. The van der Waals surface area contributed by atoms with Gasteiger partial charge in [-0.05, 0) is 24.6 Å². The largest absolute Gasteiger partial charge is 0.507 e. The minimum atomic E-state index is -1.80. The lowest BCUT2D eigenvalue weighted by molar-refractivity contribution is -0.354. The van der Waals surface area contributed by atoms with Crippen LogP contribution in [-0.2, 0) is 14.2 Å². The number of aliphatic hydroxyl groups excluding tert-OH is 7. The zero-order valence-corrected chi connectivity index (χ0v) is 23.4. The molecule has 2 saturated heterocycles. The topological polar surface area (TPSA) is 255 Å². The molecule has 0 amide bonds. The maximum Gasteiger partial charge on any atom is 0.229 e. The fourth-order valence-electron chi connectivity index (χ4n) is 5.32. The van der Waals surface area contributed by atoms with E-state index in [-0.39, 0.29) is 34.1 Å². The normalized spacial score (nSPS) is 37.2. The van der Waals surface area contributed by atoms with Crippen molar-refractivity contribution in [3.8, 4) is 28.7 Å². The number of carbonyl (C=O) groups is 1. The molecule has 44 heavy (non-hydrogen) atoms. The molecule has 3 heterocycles. The van der Waals surface area contributed by atoms with Gasteiger partial charge in [-0.2, -0.15) is 0 Å². The zero-order chi connectivity index (χ0) is 32.0. The summed E-state index contributed by atoms with van der Waals surface area (Å²) in [5, 5.41) is 93.1. The zero-order valence-electron chi connectivity index (χ0n) is 23.4. The lowest BCUT2D eigenvalue weighted by Gasteiger charge is -2.45. The third-order valence-electron chi connectivity index (χ3n) is 7.82. The average Bonchev–Trinajstić information content (AvgIpc) is 2.99. The van der Waals surface area contributed by atoms with Crippen LogP contribution in [0.4, 0.5) is 0 Å². The predicted molar refractivity (Wildman–Crippen MR) is 142 cm³/mol. The van der Waals surface area contributed by atoms with Crippen molar-refractivity contribution in [1.82, 2.24) is 0 Å². The lowest BCUT2D eigenvalue weighted by atomic mass is 9.92. The Morgan fingerprint density at radius 1 is 0.841 bits per heavy atom. The van der Waals surface area contributed by atoms with Crippen LogP contribution in [0.3, 0.4) is 0 Å². The van der Waals surface area contributed by atoms with Crippen molar-refractivity contribution in [2.75, 3.05) is 13.7 Å². The molecule has 0 unspecified atom stereocenters. The van der Waals surface area contributed by atoms with Crippen LogP contribution in [0.25, 0.3) is 0 Å². The van der Waals surface area contributed by atoms with Crippen LogP contribution in [0.5, 0.6) is 28.7 Å². The van der Waals surface area contributed by atoms with E-state index < -0.39 is 91.8 Å². The summed E-state index contributed by atoms with van der Waals surface area (Å²) < 4.78 is 33.4. The number of hydrogen-bond acceptors (Lipinski definition) is 16. The highest BCUT2D eigenvalue weighted by Gasteiger charge is 2.51. The minimum Gasteiger partial charge on any atom is -0.507 e. The minimum absolute atomic E-state index is 0.142. The predicted octanol–water partition coefficient (Wildman–Crippen LogP) is -2.19. The Balaban J connectivity index is 1.43. The van der Waals surface area contributed by atoms with E-state index in [1.54, 1.807) is 0 Å². The number of Topliss-reactive ketones (excluding diaryl/α,β-unsaturated/α-hetero) is 1. The first-order valence-electron chi connectivity index (χ1n) is 13.6. The molecular formula is C28H34O16. The highest BCUT2D eigenvalue weighted by Crippen LogP contribution is 2.44. The van der Waals surface area contributed by atoms with Crippen LogP contribution in [0.2, 0.25) is 0 Å². The molecule has 0 saturated carbocycles. The Labute approximate surface area is 249 Å². The van der Waals surface area contributed by atoms with E-state index in [9.17, 15) is 50.8 Å². The van der Waals surface area contributed by atoms with Crippen LogP contribution < -0.4 is 14.2 Å². The van der Waals surface area contributed by atoms with Gasteiger partial charge in [0.15, 0.2) is 36.1 Å². The summed E-state index contributed by atoms with van der Waals surface area (Å²) in [6.07, 6.45) is -18.8. The molecule has 16 nitrogen and oxygen atoms in total. The molecule has 0 aliphatic carbocycles. The van der Waals surface area contributed by atoms with Gasteiger partial charge in [0.05, 0.1) is 19.8 Å². The summed E-state index contributed by atoms with van der Waals surface area (Å²) >= 11 is 0. The van der Waals surface area contributed by atoms with Crippen LogP contribution in [0, 0.1) is 0 Å². The van der Waals surface area contributed by atoms with Crippen LogP contribution in [0.1, 0.15) is 28.9 Å². The molecule has 3 aliphatic rings. The van der Waals surface area contributed by atoms with Crippen molar-refractivity contribution in [2.45, 2.75) is 80.5 Å². The van der Waals surface area contributed by atoms with E-state index >= 15 is 0 Å². The highest BCUT2D eigenvalue weighted by atomic mass is 16.8. The molecule has 16 heteroatoms. The Morgan fingerprint density at radius 3 is 2.23 bits per heavy atom. The third kappa shape index (κ3) is 5.77. The van der Waals surface area contributed by atoms with Gasteiger partial charge in [-0.1, -0.05) is 6.07 Å². The number of ether oxygens (including phenoxy) is 6. The number of phenols is 2. The molecule has 0 radical (unpaired) electrons. The first-order chi connectivity index (χ1) is 20.9. The summed E-state index contributed by atoms with van der Waals surface area (Å²) in [4.78, 5) is 13.0. The second-order valence-corrected chi connectivity index (χ2v) is 10.7. The number of methoxy groups -OCH3 is 1. The van der Waals surface area contributed by atoms with Crippen molar-refractivity contribution in [3.05, 3.63) is 41.5 Å². The lowest BCUT2D eigenvalue weighted by Crippen LogP contribution is -2.64. The molecule has 3 aliphatic heterocycles. The number of phenolic OH excluding ortho intramolecular Hbond substituents is 2. The van der Waals surface area contributed by atoms with Crippen LogP contribution in [-0.4, -0.2) is 133 Å². The molecule has 0 bridgehead atoms. The number of rotatable bonds is 7. The van der Waals surface area contributed by atoms with E-state index in [1.165, 1.54) is 38.3 Å². The number of ketones is 1. The van der Waals surface area contributed by atoms with Gasteiger partial charge in [0.1, 0.15) is 59.4 Å². The van der Waals surface area contributed by atoms with E-state index in [0.29, 0.717) is 0 Å². The molecule has 9 N–H and O–H groups in total. The fraction of sp³-hybridized carbons (Fsp3) is 0.536. The van der Waals surface area contributed by atoms with Gasteiger partial charge in [0.2, 0.25) is 12.1 Å². The van der Waals surface area contributed by atoms with Crippen molar-refractivity contribution < 1.29 is 79.2 Å². The quantitative estimate of drug-likeness (QED) is 0.158. The SMILES string of the molecule is COc1ccc([C@H]2Oc3cc(O[C@@H]4O[C@H](CO)[C@@H](O)[C@H](O)[C@H]4O[C@@H]4O[C@@H](C)[C@H](O)[C@@H](O)[C@H]4O)cc(O)c3C(=O)[C@@H]2O)cc1O. The van der Waals surface area contributed by atoms with E-state index in [4.69, 9.17) is 28.4 Å². The van der Waals surface area contributed by atoms with Gasteiger partial charge in [-0.15, -0.1) is 0 Å². The molecular weight excluding hydrogens is 592 g/mol. The average molecular weight is 627 g/mol. The number of benzene rings is 2. The van der Waals surface area contributed by atoms with Crippen LogP contribution >= 0.6 is 0 Å². The summed E-state index contributed by atoms with van der Waals surface area (Å²) in [5.41, 5.74) is -0.152. The van der Waals surface area contributed by atoms with Crippen molar-refractivity contribution in [2.24, 2.45) is 0 Å².